The van der Waals surface area contributed by atoms with Crippen molar-refractivity contribution in [2.24, 2.45) is 5.14 Å². The van der Waals surface area contributed by atoms with E-state index in [1.165, 1.54) is 11.9 Å². The number of hydrogen-bond donors (Lipinski definition) is 1. The molecular weight excluding hydrogens is 158 g/mol. The molecule has 0 fully saturated rings. The molecule has 1 heterocycles. The molecule has 2 rings (SSSR count). The van der Waals surface area contributed by atoms with Crippen LogP contribution in [-0.4, -0.2) is 0 Å². The molecule has 0 spiro atoms. The number of rotatable bonds is 1. The van der Waals surface area contributed by atoms with Gasteiger partial charge in [-0.25, -0.2) is 0 Å². The summed E-state index contributed by atoms with van der Waals surface area (Å²) in [6.07, 6.45) is 1.68. The summed E-state index contributed by atoms with van der Waals surface area (Å²) in [5.74, 6) is 0. The van der Waals surface area contributed by atoms with E-state index in [9.17, 15) is 0 Å². The lowest BCUT2D eigenvalue weighted by Gasteiger charge is -1.92. The van der Waals surface area contributed by atoms with E-state index in [-0.39, 0.29) is 0 Å². The topological polar surface area (TPSA) is 39.2 Å². The highest BCUT2D eigenvalue weighted by molar-refractivity contribution is 7.97. The lowest BCUT2D eigenvalue weighted by molar-refractivity contribution is 0.615. The van der Waals surface area contributed by atoms with Crippen molar-refractivity contribution in [3.05, 3.63) is 30.5 Å². The molecular formula is C8H7NOS. The molecule has 56 valence electrons. The molecule has 2 aromatic rings. The molecule has 0 unspecified atom stereocenters. The zero-order chi connectivity index (χ0) is 7.68. The highest BCUT2D eigenvalue weighted by Gasteiger charge is 1.96. The largest absolute Gasteiger partial charge is 0.464 e. The van der Waals surface area contributed by atoms with Gasteiger partial charge in [0.1, 0.15) is 5.58 Å². The number of nitrogens with two attached hydrogens (primary N) is 1. The fraction of sp³-hybridized carbons (Fsp3) is 0. The number of fused-ring (bicyclic) bond motifs is 1. The van der Waals surface area contributed by atoms with Crippen molar-refractivity contribution in [2.45, 2.75) is 4.90 Å². The molecule has 2 N–H and O–H groups in total. The van der Waals surface area contributed by atoms with Crippen LogP contribution in [0.5, 0.6) is 0 Å². The number of hydrogen-bond acceptors (Lipinski definition) is 3. The molecule has 3 heteroatoms. The van der Waals surface area contributed by atoms with Gasteiger partial charge < -0.3 is 4.42 Å². The first-order chi connectivity index (χ1) is 5.40. The Morgan fingerprint density at radius 3 is 3.00 bits per heavy atom. The van der Waals surface area contributed by atoms with E-state index in [4.69, 9.17) is 9.56 Å². The van der Waals surface area contributed by atoms with Gasteiger partial charge in [-0.2, -0.15) is 0 Å². The Morgan fingerprint density at radius 1 is 1.27 bits per heavy atom. The van der Waals surface area contributed by atoms with Gasteiger partial charge in [0.05, 0.1) is 6.26 Å². The van der Waals surface area contributed by atoms with Crippen LogP contribution in [0.4, 0.5) is 0 Å². The van der Waals surface area contributed by atoms with Crippen LogP contribution in [0.3, 0.4) is 0 Å². The molecule has 0 saturated heterocycles. The van der Waals surface area contributed by atoms with Crippen LogP contribution in [0.25, 0.3) is 11.0 Å². The molecule has 0 saturated carbocycles. The fourth-order valence-corrected chi connectivity index (χ4v) is 1.33. The average Bonchev–Trinajstić information content (AvgIpc) is 2.50. The Balaban J connectivity index is 2.67. The van der Waals surface area contributed by atoms with E-state index in [0.717, 1.165) is 15.9 Å². The van der Waals surface area contributed by atoms with Crippen molar-refractivity contribution in [1.82, 2.24) is 0 Å². The van der Waals surface area contributed by atoms with Crippen LogP contribution in [0.15, 0.2) is 39.8 Å². The highest BCUT2D eigenvalue weighted by Crippen LogP contribution is 2.20. The van der Waals surface area contributed by atoms with Crippen LogP contribution in [-0.2, 0) is 0 Å². The van der Waals surface area contributed by atoms with Crippen molar-refractivity contribution in [3.63, 3.8) is 0 Å². The smallest absolute Gasteiger partial charge is 0.135 e. The summed E-state index contributed by atoms with van der Waals surface area (Å²) in [6.45, 7) is 0. The van der Waals surface area contributed by atoms with E-state index in [1.807, 2.05) is 24.3 Å². The minimum absolute atomic E-state index is 0.889. The third-order valence-electron chi connectivity index (χ3n) is 1.56. The van der Waals surface area contributed by atoms with Crippen molar-refractivity contribution < 1.29 is 4.42 Å². The van der Waals surface area contributed by atoms with Crippen LogP contribution in [0.2, 0.25) is 0 Å². The van der Waals surface area contributed by atoms with Gasteiger partial charge in [0.2, 0.25) is 0 Å². The summed E-state index contributed by atoms with van der Waals surface area (Å²) >= 11 is 1.23. The first-order valence-corrected chi connectivity index (χ1v) is 4.12. The Bertz CT molecular complexity index is 369. The number of benzene rings is 1. The van der Waals surface area contributed by atoms with E-state index in [0.29, 0.717) is 0 Å². The molecule has 0 radical (unpaired) electrons. The summed E-state index contributed by atoms with van der Waals surface area (Å²) in [7, 11) is 0. The predicted octanol–water partition coefficient (Wildman–Crippen LogP) is 2.40. The Hall–Kier alpha value is -0.930. The van der Waals surface area contributed by atoms with Gasteiger partial charge in [-0.05, 0) is 36.2 Å². The fourth-order valence-electron chi connectivity index (χ4n) is 1.01. The van der Waals surface area contributed by atoms with E-state index in [1.54, 1.807) is 6.26 Å². The van der Waals surface area contributed by atoms with E-state index in [2.05, 4.69) is 0 Å². The van der Waals surface area contributed by atoms with Gasteiger partial charge in [-0.15, -0.1) is 0 Å². The van der Waals surface area contributed by atoms with Crippen LogP contribution in [0.1, 0.15) is 0 Å². The minimum Gasteiger partial charge on any atom is -0.464 e. The molecule has 0 bridgehead atoms. The second-order valence-electron chi connectivity index (χ2n) is 2.24. The van der Waals surface area contributed by atoms with Gasteiger partial charge in [0.25, 0.3) is 0 Å². The zero-order valence-electron chi connectivity index (χ0n) is 5.78. The quantitative estimate of drug-likeness (QED) is 0.659. The van der Waals surface area contributed by atoms with Crippen LogP contribution in [0, 0.1) is 0 Å². The molecule has 2 nitrogen and oxygen atoms in total. The maximum absolute atomic E-state index is 5.38. The standard InChI is InChI=1S/C8H7NOS/c9-11-7-2-1-6-3-4-10-8(6)5-7/h1-5H,9H2. The van der Waals surface area contributed by atoms with Crippen LogP contribution < -0.4 is 5.14 Å². The monoisotopic (exact) mass is 165 g/mol. The van der Waals surface area contributed by atoms with Gasteiger partial charge in [0, 0.05) is 10.3 Å². The lowest BCUT2D eigenvalue weighted by Crippen LogP contribution is -1.77. The van der Waals surface area contributed by atoms with Crippen molar-refractivity contribution in [2.75, 3.05) is 0 Å². The molecule has 1 aromatic heterocycles. The maximum atomic E-state index is 5.38. The summed E-state index contributed by atoms with van der Waals surface area (Å²) in [4.78, 5) is 1.02. The molecule has 0 amide bonds. The minimum atomic E-state index is 0.889. The number of furan rings is 1. The SMILES string of the molecule is NSc1ccc2ccoc2c1. The van der Waals surface area contributed by atoms with Crippen molar-refractivity contribution >= 4 is 22.9 Å². The highest BCUT2D eigenvalue weighted by atomic mass is 32.2. The van der Waals surface area contributed by atoms with Gasteiger partial charge >= 0.3 is 0 Å². The Morgan fingerprint density at radius 2 is 2.18 bits per heavy atom. The van der Waals surface area contributed by atoms with Gasteiger partial charge in [-0.1, -0.05) is 0 Å². The predicted molar refractivity (Wildman–Crippen MR) is 46.3 cm³/mol. The Kier molecular flexibility index (Phi) is 1.60. The molecule has 0 aliphatic heterocycles. The molecule has 0 aliphatic carbocycles. The zero-order valence-corrected chi connectivity index (χ0v) is 6.60. The normalized spacial score (nSPS) is 10.6. The summed E-state index contributed by atoms with van der Waals surface area (Å²) < 4.78 is 5.19. The second kappa shape index (κ2) is 2.60. The van der Waals surface area contributed by atoms with Gasteiger partial charge in [-0.3, -0.25) is 5.14 Å². The second-order valence-corrected chi connectivity index (χ2v) is 2.95. The molecule has 11 heavy (non-hydrogen) atoms. The van der Waals surface area contributed by atoms with Gasteiger partial charge in [0.15, 0.2) is 0 Å². The third kappa shape index (κ3) is 1.13. The Labute approximate surface area is 68.5 Å². The first-order valence-electron chi connectivity index (χ1n) is 3.24. The molecule has 0 atom stereocenters. The average molecular weight is 165 g/mol. The lowest BCUT2D eigenvalue weighted by atomic mass is 10.3. The van der Waals surface area contributed by atoms with Crippen molar-refractivity contribution in [1.29, 1.82) is 0 Å². The molecule has 0 aliphatic rings. The third-order valence-corrected chi connectivity index (χ3v) is 2.09. The van der Waals surface area contributed by atoms with E-state index >= 15 is 0 Å². The summed E-state index contributed by atoms with van der Waals surface area (Å²) in [5, 5.41) is 6.50. The maximum Gasteiger partial charge on any atom is 0.135 e. The van der Waals surface area contributed by atoms with Crippen molar-refractivity contribution in [3.8, 4) is 0 Å². The first kappa shape index (κ1) is 6.76. The van der Waals surface area contributed by atoms with E-state index < -0.39 is 0 Å². The molecule has 1 aromatic carbocycles. The summed E-state index contributed by atoms with van der Waals surface area (Å²) in [6, 6.07) is 7.83. The summed E-state index contributed by atoms with van der Waals surface area (Å²) in [5.41, 5.74) is 0.889. The van der Waals surface area contributed by atoms with Crippen LogP contribution >= 0.6 is 11.9 Å².